The first-order chi connectivity index (χ1) is 12.6. The molecule has 0 heterocycles. The Morgan fingerprint density at radius 3 is 2.65 bits per heavy atom. The highest BCUT2D eigenvalue weighted by molar-refractivity contribution is 14.1. The van der Waals surface area contributed by atoms with E-state index in [-0.39, 0.29) is 5.91 Å². The Kier molecular flexibility index (Phi) is 6.37. The van der Waals surface area contributed by atoms with Gasteiger partial charge in [-0.2, -0.15) is 0 Å². The van der Waals surface area contributed by atoms with E-state index in [1.54, 1.807) is 14.2 Å². The summed E-state index contributed by atoms with van der Waals surface area (Å²) in [6.45, 7) is 1.02. The first-order valence-electron chi connectivity index (χ1n) is 8.59. The SMILES string of the molecule is COc1ccc(OC)c(CN(CC(=O)Nc2cccc(I)c2)C2CC2)c1. The Balaban J connectivity index is 1.69. The number of hydrogen-bond donors (Lipinski definition) is 1. The Labute approximate surface area is 167 Å². The maximum atomic E-state index is 12.5. The van der Waals surface area contributed by atoms with Gasteiger partial charge in [0.15, 0.2) is 0 Å². The minimum Gasteiger partial charge on any atom is -0.497 e. The Hall–Kier alpha value is -1.80. The molecule has 138 valence electrons. The molecule has 1 amide bonds. The van der Waals surface area contributed by atoms with Gasteiger partial charge >= 0.3 is 0 Å². The lowest BCUT2D eigenvalue weighted by atomic mass is 10.1. The van der Waals surface area contributed by atoms with Gasteiger partial charge in [0.2, 0.25) is 5.91 Å². The Bertz CT molecular complexity index is 777. The molecule has 1 N–H and O–H groups in total. The van der Waals surface area contributed by atoms with Gasteiger partial charge in [-0.05, 0) is 71.8 Å². The summed E-state index contributed by atoms with van der Waals surface area (Å²) < 4.78 is 11.9. The van der Waals surface area contributed by atoms with Crippen LogP contribution in [-0.4, -0.2) is 37.6 Å². The third-order valence-corrected chi connectivity index (χ3v) is 5.05. The van der Waals surface area contributed by atoms with Crippen LogP contribution in [0.5, 0.6) is 11.5 Å². The molecular weight excluding hydrogens is 443 g/mol. The van der Waals surface area contributed by atoms with E-state index in [0.29, 0.717) is 19.1 Å². The number of ether oxygens (including phenoxy) is 2. The zero-order valence-electron chi connectivity index (χ0n) is 15.0. The highest BCUT2D eigenvalue weighted by Gasteiger charge is 2.31. The monoisotopic (exact) mass is 466 g/mol. The van der Waals surface area contributed by atoms with Crippen LogP contribution in [0.3, 0.4) is 0 Å². The van der Waals surface area contributed by atoms with Gasteiger partial charge in [0.05, 0.1) is 20.8 Å². The molecule has 0 bridgehead atoms. The van der Waals surface area contributed by atoms with Crippen molar-refractivity contribution in [3.05, 3.63) is 51.6 Å². The summed E-state index contributed by atoms with van der Waals surface area (Å²) in [5.74, 6) is 1.61. The van der Waals surface area contributed by atoms with Crippen molar-refractivity contribution < 1.29 is 14.3 Å². The fourth-order valence-corrected chi connectivity index (χ4v) is 3.47. The van der Waals surface area contributed by atoms with E-state index in [2.05, 4.69) is 32.8 Å². The number of carbonyl (C=O) groups is 1. The maximum Gasteiger partial charge on any atom is 0.238 e. The minimum absolute atomic E-state index is 0.000706. The number of rotatable bonds is 8. The molecule has 0 aromatic heterocycles. The van der Waals surface area contributed by atoms with Crippen molar-refractivity contribution in [3.8, 4) is 11.5 Å². The summed E-state index contributed by atoms with van der Waals surface area (Å²) in [4.78, 5) is 14.7. The number of halogens is 1. The number of benzene rings is 2. The van der Waals surface area contributed by atoms with Crippen LogP contribution in [0.2, 0.25) is 0 Å². The van der Waals surface area contributed by atoms with Gasteiger partial charge in [-0.25, -0.2) is 0 Å². The molecule has 1 aliphatic rings. The van der Waals surface area contributed by atoms with Crippen molar-refractivity contribution in [1.82, 2.24) is 4.90 Å². The van der Waals surface area contributed by atoms with E-state index < -0.39 is 0 Å². The molecule has 26 heavy (non-hydrogen) atoms. The van der Waals surface area contributed by atoms with Gasteiger partial charge in [0.25, 0.3) is 0 Å². The van der Waals surface area contributed by atoms with Crippen LogP contribution < -0.4 is 14.8 Å². The molecule has 6 heteroatoms. The van der Waals surface area contributed by atoms with Gasteiger partial charge < -0.3 is 14.8 Å². The van der Waals surface area contributed by atoms with Crippen LogP contribution in [0.4, 0.5) is 5.69 Å². The maximum absolute atomic E-state index is 12.5. The van der Waals surface area contributed by atoms with Crippen molar-refractivity contribution in [1.29, 1.82) is 0 Å². The second-order valence-electron chi connectivity index (χ2n) is 6.37. The van der Waals surface area contributed by atoms with E-state index in [1.807, 2.05) is 42.5 Å². The first kappa shape index (κ1) is 19.0. The van der Waals surface area contributed by atoms with Crippen molar-refractivity contribution in [3.63, 3.8) is 0 Å². The number of nitrogens with one attached hydrogen (secondary N) is 1. The number of anilines is 1. The van der Waals surface area contributed by atoms with Gasteiger partial charge in [-0.3, -0.25) is 9.69 Å². The van der Waals surface area contributed by atoms with Crippen LogP contribution in [0.25, 0.3) is 0 Å². The zero-order valence-corrected chi connectivity index (χ0v) is 17.2. The number of carbonyl (C=O) groups excluding carboxylic acids is 1. The van der Waals surface area contributed by atoms with E-state index in [0.717, 1.165) is 39.2 Å². The number of hydrogen-bond acceptors (Lipinski definition) is 4. The molecule has 2 aromatic rings. The van der Waals surface area contributed by atoms with Crippen LogP contribution in [0.15, 0.2) is 42.5 Å². The zero-order chi connectivity index (χ0) is 18.5. The van der Waals surface area contributed by atoms with Crippen molar-refractivity contribution >= 4 is 34.2 Å². The summed E-state index contributed by atoms with van der Waals surface area (Å²) in [5, 5.41) is 2.99. The van der Waals surface area contributed by atoms with Crippen LogP contribution in [0.1, 0.15) is 18.4 Å². The summed E-state index contributed by atoms with van der Waals surface area (Å²) >= 11 is 2.24. The molecule has 0 aliphatic heterocycles. The van der Waals surface area contributed by atoms with Crippen LogP contribution in [-0.2, 0) is 11.3 Å². The van der Waals surface area contributed by atoms with E-state index >= 15 is 0 Å². The molecule has 3 rings (SSSR count). The summed E-state index contributed by atoms with van der Waals surface area (Å²) in [5.41, 5.74) is 1.86. The van der Waals surface area contributed by atoms with E-state index in [9.17, 15) is 4.79 Å². The number of methoxy groups -OCH3 is 2. The standard InChI is InChI=1S/C20H23IN2O3/c1-25-18-8-9-19(26-2)14(10-18)12-23(17-6-7-17)13-20(24)22-16-5-3-4-15(21)11-16/h3-5,8-11,17H,6-7,12-13H2,1-2H3,(H,22,24). The van der Waals surface area contributed by atoms with Crippen LogP contribution >= 0.6 is 22.6 Å². The van der Waals surface area contributed by atoms with Gasteiger partial charge in [-0.15, -0.1) is 0 Å². The molecule has 1 fully saturated rings. The lowest BCUT2D eigenvalue weighted by Crippen LogP contribution is -2.34. The predicted molar refractivity (Wildman–Crippen MR) is 111 cm³/mol. The largest absolute Gasteiger partial charge is 0.497 e. The summed E-state index contributed by atoms with van der Waals surface area (Å²) in [6, 6.07) is 14.0. The molecule has 1 aliphatic carbocycles. The second-order valence-corrected chi connectivity index (χ2v) is 7.62. The summed E-state index contributed by atoms with van der Waals surface area (Å²) in [6.07, 6.45) is 2.26. The molecule has 0 unspecified atom stereocenters. The third-order valence-electron chi connectivity index (χ3n) is 4.38. The normalized spacial score (nSPS) is 13.5. The highest BCUT2D eigenvalue weighted by atomic mass is 127. The van der Waals surface area contributed by atoms with E-state index in [1.165, 1.54) is 0 Å². The second kappa shape index (κ2) is 8.73. The molecule has 0 spiro atoms. The van der Waals surface area contributed by atoms with Crippen molar-refractivity contribution in [2.24, 2.45) is 0 Å². The first-order valence-corrected chi connectivity index (χ1v) is 9.67. The van der Waals surface area contributed by atoms with Gasteiger partial charge in [0.1, 0.15) is 11.5 Å². The molecule has 1 saturated carbocycles. The molecule has 2 aromatic carbocycles. The average molecular weight is 466 g/mol. The Morgan fingerprint density at radius 1 is 1.19 bits per heavy atom. The van der Waals surface area contributed by atoms with Crippen molar-refractivity contribution in [2.75, 3.05) is 26.1 Å². The molecule has 5 nitrogen and oxygen atoms in total. The number of nitrogens with zero attached hydrogens (tertiary/aromatic N) is 1. The van der Waals surface area contributed by atoms with E-state index in [4.69, 9.17) is 9.47 Å². The number of amides is 1. The lowest BCUT2D eigenvalue weighted by molar-refractivity contribution is -0.117. The molecule has 0 saturated heterocycles. The lowest BCUT2D eigenvalue weighted by Gasteiger charge is -2.23. The third kappa shape index (κ3) is 5.11. The molecular formula is C20H23IN2O3. The minimum atomic E-state index is 0.000706. The van der Waals surface area contributed by atoms with Crippen molar-refractivity contribution in [2.45, 2.75) is 25.4 Å². The molecule has 0 radical (unpaired) electrons. The van der Waals surface area contributed by atoms with Gasteiger partial charge in [-0.1, -0.05) is 6.07 Å². The predicted octanol–water partition coefficient (Wildman–Crippen LogP) is 3.91. The highest BCUT2D eigenvalue weighted by Crippen LogP contribution is 2.31. The van der Waals surface area contributed by atoms with Crippen LogP contribution in [0, 0.1) is 3.57 Å². The topological polar surface area (TPSA) is 50.8 Å². The fourth-order valence-electron chi connectivity index (χ4n) is 2.93. The Morgan fingerprint density at radius 2 is 2.00 bits per heavy atom. The quantitative estimate of drug-likeness (QED) is 0.600. The van der Waals surface area contributed by atoms with Gasteiger partial charge in [0, 0.05) is 27.4 Å². The summed E-state index contributed by atoms with van der Waals surface area (Å²) in [7, 11) is 3.31. The smallest absolute Gasteiger partial charge is 0.238 e. The molecule has 0 atom stereocenters. The average Bonchev–Trinajstić information content (AvgIpc) is 3.46. The fraction of sp³-hybridized carbons (Fsp3) is 0.350.